The molecule has 0 spiro atoms. The molecular formula is C79H54N6. The van der Waals surface area contributed by atoms with Gasteiger partial charge < -0.3 is 27.4 Å². The summed E-state index contributed by atoms with van der Waals surface area (Å²) >= 11 is 0. The zero-order valence-electron chi connectivity index (χ0n) is 46.7. The van der Waals surface area contributed by atoms with Crippen molar-refractivity contribution in [1.29, 1.82) is 0 Å². The van der Waals surface area contributed by atoms with Crippen LogP contribution in [0.2, 0.25) is 0 Å². The molecule has 0 amide bonds. The number of rotatable bonds is 8. The molecule has 11 aromatic carbocycles. The molecular weight excluding hydrogens is 1030 g/mol. The molecule has 0 saturated carbocycles. The molecule has 6 aromatic heterocycles. The Balaban J connectivity index is 0.824. The first-order chi connectivity index (χ1) is 42.1. The number of nitrogens with zero attached hydrogens (tertiary/aromatic N) is 6. The maximum atomic E-state index is 4.14. The Morgan fingerprint density at radius 1 is 0.365 bits per heavy atom. The van der Waals surface area contributed by atoms with Crippen molar-refractivity contribution in [3.63, 3.8) is 0 Å². The number of benzene rings is 11. The first-order valence-electron chi connectivity index (χ1n) is 29.5. The van der Waals surface area contributed by atoms with Crippen molar-refractivity contribution < 1.29 is 0 Å². The third-order valence-electron chi connectivity index (χ3n) is 18.4. The minimum Gasteiger partial charge on any atom is -0.333 e. The Bertz CT molecular complexity index is 5780. The van der Waals surface area contributed by atoms with Crippen LogP contribution in [0, 0.1) is 6.92 Å². The molecule has 0 radical (unpaired) electrons. The zero-order chi connectivity index (χ0) is 56.0. The molecule has 6 heteroatoms. The molecule has 0 saturated heterocycles. The Labute approximate surface area is 489 Å². The van der Waals surface area contributed by atoms with Gasteiger partial charge >= 0.3 is 0 Å². The molecule has 0 aliphatic heterocycles. The lowest BCUT2D eigenvalue weighted by molar-refractivity contribution is 0.647. The van der Waals surface area contributed by atoms with Crippen LogP contribution in [-0.2, 0) is 0 Å². The number of aromatic nitrogens is 6. The minimum atomic E-state index is 0.0381. The van der Waals surface area contributed by atoms with Gasteiger partial charge in [0.2, 0.25) is 0 Å². The molecule has 1 unspecified atom stereocenters. The number of allylic oxidation sites excluding steroid dienone is 6. The highest BCUT2D eigenvalue weighted by molar-refractivity contribution is 6.28. The van der Waals surface area contributed by atoms with E-state index in [1.54, 1.807) is 0 Å². The average molecular weight is 1090 g/mol. The lowest BCUT2D eigenvalue weighted by atomic mass is 10.0. The van der Waals surface area contributed by atoms with Crippen molar-refractivity contribution in [1.82, 2.24) is 27.4 Å². The van der Waals surface area contributed by atoms with Gasteiger partial charge in [-0.3, -0.25) is 0 Å². The first-order valence-corrected chi connectivity index (χ1v) is 29.5. The number of hydrogen-bond donors (Lipinski definition) is 0. The topological polar surface area (TPSA) is 29.6 Å². The predicted octanol–water partition coefficient (Wildman–Crippen LogP) is 20.7. The lowest BCUT2D eigenvalue weighted by Crippen LogP contribution is -2.10. The molecule has 18 rings (SSSR count). The zero-order valence-corrected chi connectivity index (χ0v) is 46.7. The highest BCUT2D eigenvalue weighted by atomic mass is 15.1. The van der Waals surface area contributed by atoms with E-state index < -0.39 is 0 Å². The van der Waals surface area contributed by atoms with Crippen LogP contribution in [0.4, 0.5) is 0 Å². The third kappa shape index (κ3) is 6.70. The maximum absolute atomic E-state index is 4.14. The van der Waals surface area contributed by atoms with E-state index in [-0.39, 0.29) is 6.04 Å². The summed E-state index contributed by atoms with van der Waals surface area (Å²) in [6.45, 7) is 6.42. The number of fused-ring (bicyclic) bond motifs is 18. The Kier molecular flexibility index (Phi) is 10.2. The van der Waals surface area contributed by atoms with Crippen LogP contribution >= 0.6 is 0 Å². The number of para-hydroxylation sites is 7. The van der Waals surface area contributed by atoms with E-state index in [2.05, 4.69) is 314 Å². The second-order valence-corrected chi connectivity index (χ2v) is 22.8. The Morgan fingerprint density at radius 3 is 1.42 bits per heavy atom. The van der Waals surface area contributed by atoms with Crippen LogP contribution in [0.5, 0.6) is 0 Å². The summed E-state index contributed by atoms with van der Waals surface area (Å²) in [5.41, 5.74) is 21.2. The molecule has 1 aliphatic carbocycles. The van der Waals surface area contributed by atoms with Gasteiger partial charge in [0.05, 0.1) is 61.2 Å². The molecule has 17 aromatic rings. The van der Waals surface area contributed by atoms with Gasteiger partial charge in [-0.1, -0.05) is 170 Å². The van der Waals surface area contributed by atoms with E-state index in [1.165, 1.54) is 120 Å². The van der Waals surface area contributed by atoms with Crippen molar-refractivity contribution in [2.45, 2.75) is 19.4 Å². The van der Waals surface area contributed by atoms with Gasteiger partial charge in [-0.05, 0) is 134 Å². The van der Waals surface area contributed by atoms with Crippen LogP contribution in [0.3, 0.4) is 0 Å². The van der Waals surface area contributed by atoms with E-state index in [1.807, 2.05) is 6.08 Å². The largest absolute Gasteiger partial charge is 0.333 e. The summed E-state index contributed by atoms with van der Waals surface area (Å²) in [5, 5.41) is 13.7. The Hall–Kier alpha value is -11.1. The van der Waals surface area contributed by atoms with Gasteiger partial charge in [0.25, 0.3) is 0 Å². The molecule has 0 N–H and O–H groups in total. The van der Waals surface area contributed by atoms with Crippen molar-refractivity contribution in [3.8, 4) is 22.7 Å². The van der Waals surface area contributed by atoms with E-state index in [0.717, 1.165) is 45.9 Å². The van der Waals surface area contributed by atoms with Gasteiger partial charge in [0, 0.05) is 98.9 Å². The van der Waals surface area contributed by atoms with E-state index in [0.29, 0.717) is 0 Å². The highest BCUT2D eigenvalue weighted by Crippen LogP contribution is 2.47. The summed E-state index contributed by atoms with van der Waals surface area (Å²) in [6.07, 6.45) is 14.3. The van der Waals surface area contributed by atoms with Gasteiger partial charge in [-0.2, -0.15) is 0 Å². The second kappa shape index (κ2) is 18.2. The van der Waals surface area contributed by atoms with Crippen molar-refractivity contribution >= 4 is 132 Å². The van der Waals surface area contributed by atoms with Gasteiger partial charge in [0.1, 0.15) is 0 Å². The summed E-state index contributed by atoms with van der Waals surface area (Å²) in [7, 11) is 0. The van der Waals surface area contributed by atoms with Gasteiger partial charge in [-0.25, -0.2) is 0 Å². The lowest BCUT2D eigenvalue weighted by Gasteiger charge is -2.22. The first kappa shape index (κ1) is 47.5. The number of aryl methyl sites for hydroxylation is 1. The normalized spacial score (nSPS) is 14.0. The van der Waals surface area contributed by atoms with E-state index in [9.17, 15) is 0 Å². The third-order valence-corrected chi connectivity index (χ3v) is 18.4. The smallest absolute Gasteiger partial charge is 0.0641 e. The van der Waals surface area contributed by atoms with Crippen LogP contribution in [0.25, 0.3) is 154 Å². The van der Waals surface area contributed by atoms with Crippen LogP contribution in [0.15, 0.2) is 280 Å². The standard InChI is InChI=1S/C79H54N6/c1-3-4-36-66-50(2)64-48-75-65(49-74(64)80(66)53-27-21-28-54(46-53)81-70-40-19-14-34-62(70)76-72(81)44-42-60-57-31-11-17-38-68(57)84(78(60)76)51-23-7-5-8-24-51)59-33-13-16-37-67(59)83(75)56-30-22-29-55(47-56)82-71-41-20-15-35-63(71)77-73(82)45-43-61-58-32-12-18-39-69(58)85(79(61)77)52-25-9-6-10-26-52/h3-29,31-49,56H,1,30H2,2H3/b36-4-. The van der Waals surface area contributed by atoms with E-state index in [4.69, 9.17) is 0 Å². The molecule has 0 fully saturated rings. The summed E-state index contributed by atoms with van der Waals surface area (Å²) in [6, 6.07) is 89.6. The van der Waals surface area contributed by atoms with Gasteiger partial charge in [-0.15, -0.1) is 0 Å². The number of hydrogen-bond acceptors (Lipinski definition) is 0. The molecule has 6 heterocycles. The van der Waals surface area contributed by atoms with Crippen molar-refractivity contribution in [2.75, 3.05) is 0 Å². The fraction of sp³-hybridized carbons (Fsp3) is 0.0380. The van der Waals surface area contributed by atoms with Crippen molar-refractivity contribution in [3.05, 3.63) is 291 Å². The fourth-order valence-corrected chi connectivity index (χ4v) is 15.0. The predicted molar refractivity (Wildman–Crippen MR) is 360 cm³/mol. The quantitative estimate of drug-likeness (QED) is 0.136. The molecule has 1 atom stereocenters. The van der Waals surface area contributed by atoms with Crippen LogP contribution in [0.1, 0.15) is 23.7 Å². The van der Waals surface area contributed by atoms with Gasteiger partial charge in [0.15, 0.2) is 0 Å². The molecule has 6 nitrogen and oxygen atoms in total. The molecule has 85 heavy (non-hydrogen) atoms. The SMILES string of the molecule is C=C/C=C\c1c(C)c2cc3c(cc2n1-c1cccc(-n2c4ccccc4c4c2ccc2c5ccccc5n(-c5ccccc5)c24)c1)c1ccccc1n3C1C=C(n2c3ccccc3c3c2ccc2c4ccccc4n(-c4ccccc4)c23)C=CC1. The average Bonchev–Trinajstić information content (AvgIpc) is 1.83. The molecule has 0 bridgehead atoms. The maximum Gasteiger partial charge on any atom is 0.0641 e. The minimum absolute atomic E-state index is 0.0381. The van der Waals surface area contributed by atoms with E-state index >= 15 is 0 Å². The molecule has 400 valence electrons. The van der Waals surface area contributed by atoms with Crippen LogP contribution < -0.4 is 0 Å². The monoisotopic (exact) mass is 1090 g/mol. The van der Waals surface area contributed by atoms with Crippen LogP contribution in [-0.4, -0.2) is 27.4 Å². The summed E-state index contributed by atoms with van der Waals surface area (Å²) in [4.78, 5) is 0. The fourth-order valence-electron chi connectivity index (χ4n) is 15.0. The highest BCUT2D eigenvalue weighted by Gasteiger charge is 2.27. The van der Waals surface area contributed by atoms with Crippen molar-refractivity contribution in [2.24, 2.45) is 0 Å². The summed E-state index contributed by atoms with van der Waals surface area (Å²) in [5.74, 6) is 0. The Morgan fingerprint density at radius 2 is 0.835 bits per heavy atom. The summed E-state index contributed by atoms with van der Waals surface area (Å²) < 4.78 is 15.0. The molecule has 1 aliphatic rings. The second-order valence-electron chi connectivity index (χ2n) is 22.8.